The highest BCUT2D eigenvalue weighted by molar-refractivity contribution is 5.29. The second-order valence-corrected chi connectivity index (χ2v) is 5.30. The quantitative estimate of drug-likeness (QED) is 0.748. The van der Waals surface area contributed by atoms with Crippen molar-refractivity contribution in [1.82, 2.24) is 5.32 Å². The third-order valence-electron chi connectivity index (χ3n) is 3.49. The first-order chi connectivity index (χ1) is 11.3. The third-order valence-corrected chi connectivity index (χ3v) is 3.49. The number of hydrogen-bond donors (Lipinski definition) is 2. The van der Waals surface area contributed by atoms with Crippen molar-refractivity contribution in [2.75, 3.05) is 6.54 Å². The van der Waals surface area contributed by atoms with Gasteiger partial charge in [0.05, 0.1) is 6.10 Å². The SMILES string of the molecule is CC(NCC(O)c1ccc(OC(F)F)cc1)c1cc(F)cc(F)c1. The van der Waals surface area contributed by atoms with Crippen LogP contribution in [0, 0.1) is 11.6 Å². The van der Waals surface area contributed by atoms with Crippen LogP contribution in [0.1, 0.15) is 30.2 Å². The Bertz CT molecular complexity index is 644. The molecule has 0 amide bonds. The second kappa shape index (κ2) is 8.12. The summed E-state index contributed by atoms with van der Waals surface area (Å²) in [5.41, 5.74) is 0.919. The van der Waals surface area contributed by atoms with Gasteiger partial charge in [0.1, 0.15) is 17.4 Å². The van der Waals surface area contributed by atoms with Crippen LogP contribution in [0.3, 0.4) is 0 Å². The molecule has 0 saturated carbocycles. The first kappa shape index (κ1) is 18.2. The monoisotopic (exact) mass is 343 g/mol. The van der Waals surface area contributed by atoms with Gasteiger partial charge in [-0.15, -0.1) is 0 Å². The summed E-state index contributed by atoms with van der Waals surface area (Å²) in [5.74, 6) is -1.35. The van der Waals surface area contributed by atoms with E-state index in [1.54, 1.807) is 6.92 Å². The van der Waals surface area contributed by atoms with E-state index in [2.05, 4.69) is 10.1 Å². The molecule has 2 atom stereocenters. The number of ether oxygens (including phenoxy) is 1. The zero-order valence-electron chi connectivity index (χ0n) is 12.8. The molecule has 24 heavy (non-hydrogen) atoms. The van der Waals surface area contributed by atoms with Crippen LogP contribution >= 0.6 is 0 Å². The largest absolute Gasteiger partial charge is 0.435 e. The Morgan fingerprint density at radius 3 is 2.12 bits per heavy atom. The fourth-order valence-electron chi connectivity index (χ4n) is 2.22. The van der Waals surface area contributed by atoms with Crippen LogP contribution in [0.5, 0.6) is 5.75 Å². The highest BCUT2D eigenvalue weighted by atomic mass is 19.3. The van der Waals surface area contributed by atoms with Gasteiger partial charge in [-0.3, -0.25) is 0 Å². The predicted octanol–water partition coefficient (Wildman–Crippen LogP) is 3.95. The van der Waals surface area contributed by atoms with Gasteiger partial charge in [-0.25, -0.2) is 8.78 Å². The van der Waals surface area contributed by atoms with Gasteiger partial charge in [-0.1, -0.05) is 12.1 Å². The minimum absolute atomic E-state index is 0.00230. The number of benzene rings is 2. The average molecular weight is 343 g/mol. The molecule has 2 unspecified atom stereocenters. The zero-order chi connectivity index (χ0) is 17.7. The van der Waals surface area contributed by atoms with E-state index < -0.39 is 24.3 Å². The molecule has 0 aliphatic rings. The van der Waals surface area contributed by atoms with Crippen LogP contribution in [0.4, 0.5) is 17.6 Å². The van der Waals surface area contributed by atoms with E-state index in [9.17, 15) is 22.7 Å². The summed E-state index contributed by atoms with van der Waals surface area (Å²) in [5, 5.41) is 13.1. The lowest BCUT2D eigenvalue weighted by Crippen LogP contribution is -2.24. The fourth-order valence-corrected chi connectivity index (χ4v) is 2.22. The minimum Gasteiger partial charge on any atom is -0.435 e. The standard InChI is InChI=1S/C17H17F4NO2/c1-10(12-6-13(18)8-14(19)7-12)22-9-16(23)11-2-4-15(5-3-11)24-17(20)21/h2-8,10,16-17,22-23H,9H2,1H3. The smallest absolute Gasteiger partial charge is 0.387 e. The van der Waals surface area contributed by atoms with Gasteiger partial charge in [-0.05, 0) is 42.3 Å². The van der Waals surface area contributed by atoms with E-state index in [-0.39, 0.29) is 18.3 Å². The van der Waals surface area contributed by atoms with Crippen LogP contribution in [0.15, 0.2) is 42.5 Å². The number of hydrogen-bond acceptors (Lipinski definition) is 3. The molecule has 0 aromatic heterocycles. The molecule has 0 spiro atoms. The molecule has 0 radical (unpaired) electrons. The van der Waals surface area contributed by atoms with Gasteiger partial charge in [0.25, 0.3) is 0 Å². The molecule has 2 aromatic carbocycles. The summed E-state index contributed by atoms with van der Waals surface area (Å²) >= 11 is 0. The van der Waals surface area contributed by atoms with E-state index in [1.807, 2.05) is 0 Å². The lowest BCUT2D eigenvalue weighted by molar-refractivity contribution is -0.0498. The van der Waals surface area contributed by atoms with Gasteiger partial charge in [0.2, 0.25) is 0 Å². The zero-order valence-corrected chi connectivity index (χ0v) is 12.8. The van der Waals surface area contributed by atoms with E-state index in [0.717, 1.165) is 6.07 Å². The first-order valence-corrected chi connectivity index (χ1v) is 7.27. The number of aliphatic hydroxyl groups excluding tert-OH is 1. The van der Waals surface area contributed by atoms with E-state index in [0.29, 0.717) is 11.1 Å². The molecule has 130 valence electrons. The van der Waals surface area contributed by atoms with Crippen molar-refractivity contribution >= 4 is 0 Å². The highest BCUT2D eigenvalue weighted by Crippen LogP contribution is 2.21. The van der Waals surface area contributed by atoms with Crippen LogP contribution in [-0.2, 0) is 0 Å². The molecule has 2 aromatic rings. The number of rotatable bonds is 7. The molecule has 0 aliphatic carbocycles. The van der Waals surface area contributed by atoms with Gasteiger partial charge < -0.3 is 15.2 Å². The molecule has 7 heteroatoms. The summed E-state index contributed by atoms with van der Waals surface area (Å²) in [6.07, 6.45) is -0.911. The van der Waals surface area contributed by atoms with Crippen molar-refractivity contribution in [3.05, 3.63) is 65.2 Å². The lowest BCUT2D eigenvalue weighted by atomic mass is 10.1. The fraction of sp³-hybridized carbons (Fsp3) is 0.294. The van der Waals surface area contributed by atoms with Crippen LogP contribution in [0.25, 0.3) is 0 Å². The molecule has 0 bridgehead atoms. The van der Waals surface area contributed by atoms with E-state index >= 15 is 0 Å². The Hall–Kier alpha value is -2.12. The number of nitrogens with one attached hydrogen (secondary N) is 1. The molecular weight excluding hydrogens is 326 g/mol. The van der Waals surface area contributed by atoms with Crippen molar-refractivity contribution < 1.29 is 27.4 Å². The van der Waals surface area contributed by atoms with Gasteiger partial charge in [0.15, 0.2) is 0 Å². The second-order valence-electron chi connectivity index (χ2n) is 5.30. The summed E-state index contributed by atoms with van der Waals surface area (Å²) in [6, 6.07) is 8.42. The molecule has 0 aliphatic heterocycles. The van der Waals surface area contributed by atoms with E-state index in [1.165, 1.54) is 36.4 Å². The maximum absolute atomic E-state index is 13.2. The Labute approximate surface area is 136 Å². The maximum atomic E-state index is 13.2. The Kier molecular flexibility index (Phi) is 6.16. The van der Waals surface area contributed by atoms with Crippen molar-refractivity contribution in [1.29, 1.82) is 0 Å². The predicted molar refractivity (Wildman–Crippen MR) is 80.8 cm³/mol. The van der Waals surface area contributed by atoms with Crippen molar-refractivity contribution in [3.8, 4) is 5.75 Å². The summed E-state index contributed by atoms with van der Waals surface area (Å²) < 4.78 is 54.8. The lowest BCUT2D eigenvalue weighted by Gasteiger charge is -2.18. The van der Waals surface area contributed by atoms with Crippen molar-refractivity contribution in [2.45, 2.75) is 25.7 Å². The van der Waals surface area contributed by atoms with Crippen molar-refractivity contribution in [3.63, 3.8) is 0 Å². The van der Waals surface area contributed by atoms with Crippen molar-refractivity contribution in [2.24, 2.45) is 0 Å². The van der Waals surface area contributed by atoms with Gasteiger partial charge in [0, 0.05) is 18.7 Å². The Morgan fingerprint density at radius 1 is 1.00 bits per heavy atom. The Morgan fingerprint density at radius 2 is 1.58 bits per heavy atom. The number of aliphatic hydroxyl groups is 1. The topological polar surface area (TPSA) is 41.5 Å². The number of alkyl halides is 2. The van der Waals surface area contributed by atoms with Crippen LogP contribution in [0.2, 0.25) is 0 Å². The third kappa shape index (κ3) is 5.21. The van der Waals surface area contributed by atoms with Crippen LogP contribution in [-0.4, -0.2) is 18.3 Å². The highest BCUT2D eigenvalue weighted by Gasteiger charge is 2.13. The summed E-state index contributed by atoms with van der Waals surface area (Å²) in [6.45, 7) is -1.08. The molecule has 3 nitrogen and oxygen atoms in total. The molecule has 0 saturated heterocycles. The summed E-state index contributed by atoms with van der Waals surface area (Å²) in [7, 11) is 0. The minimum atomic E-state index is -2.91. The molecule has 2 N–H and O–H groups in total. The van der Waals surface area contributed by atoms with Crippen LogP contribution < -0.4 is 10.1 Å². The summed E-state index contributed by atoms with van der Waals surface area (Å²) in [4.78, 5) is 0. The normalized spacial score (nSPS) is 13.8. The Balaban J connectivity index is 1.93. The molecule has 0 heterocycles. The van der Waals surface area contributed by atoms with E-state index in [4.69, 9.17) is 0 Å². The molecule has 0 fully saturated rings. The average Bonchev–Trinajstić information content (AvgIpc) is 2.51. The van der Waals surface area contributed by atoms with Gasteiger partial charge in [-0.2, -0.15) is 8.78 Å². The number of halogens is 4. The molecule has 2 rings (SSSR count). The van der Waals surface area contributed by atoms with Gasteiger partial charge >= 0.3 is 6.61 Å². The molecular formula is C17H17F4NO2. The first-order valence-electron chi connectivity index (χ1n) is 7.27. The maximum Gasteiger partial charge on any atom is 0.387 e.